The van der Waals surface area contributed by atoms with Crippen LogP contribution in [0.4, 0.5) is 5.82 Å². The van der Waals surface area contributed by atoms with Crippen LogP contribution in [0.3, 0.4) is 0 Å². The normalized spacial score (nSPS) is 12.1. The highest BCUT2D eigenvalue weighted by atomic mass is 79.9. The highest BCUT2D eigenvalue weighted by Gasteiger charge is 2.29. The molecule has 9 heteroatoms. The molecule has 2 heterocycles. The second kappa shape index (κ2) is 6.35. The molecule has 0 fully saturated rings. The van der Waals surface area contributed by atoms with Gasteiger partial charge in [-0.2, -0.15) is 4.68 Å². The Morgan fingerprint density at radius 2 is 2.38 bits per heavy atom. The second-order valence-corrected chi connectivity index (χ2v) is 6.22. The summed E-state index contributed by atoms with van der Waals surface area (Å²) >= 11 is 4.69. The quantitative estimate of drug-likeness (QED) is 0.645. The first-order valence-corrected chi connectivity index (χ1v) is 7.78. The van der Waals surface area contributed by atoms with Crippen LogP contribution in [-0.4, -0.2) is 20.6 Å². The molecule has 0 aliphatic carbocycles. The zero-order valence-electron chi connectivity index (χ0n) is 11.4. The third-order valence-corrected chi connectivity index (χ3v) is 4.80. The highest BCUT2D eigenvalue weighted by molar-refractivity contribution is 9.10. The van der Waals surface area contributed by atoms with Gasteiger partial charge in [-0.15, -0.1) is 11.3 Å². The van der Waals surface area contributed by atoms with Crippen molar-refractivity contribution in [3.05, 3.63) is 42.7 Å². The van der Waals surface area contributed by atoms with Crippen molar-refractivity contribution in [1.29, 1.82) is 0 Å². The molecule has 0 saturated heterocycles. The van der Waals surface area contributed by atoms with Crippen LogP contribution in [0.1, 0.15) is 23.5 Å². The van der Waals surface area contributed by atoms with Crippen molar-refractivity contribution >= 4 is 39.0 Å². The lowest BCUT2D eigenvalue weighted by molar-refractivity contribution is -0.390. The fourth-order valence-electron chi connectivity index (χ4n) is 1.82. The van der Waals surface area contributed by atoms with Crippen molar-refractivity contribution < 1.29 is 9.72 Å². The third-order valence-electron chi connectivity index (χ3n) is 3.00. The largest absolute Gasteiger partial charge is 0.404 e. The van der Waals surface area contributed by atoms with Gasteiger partial charge in [0.2, 0.25) is 5.91 Å². The van der Waals surface area contributed by atoms with E-state index in [2.05, 4.69) is 26.3 Å². The number of halogens is 1. The Labute approximate surface area is 133 Å². The standard InChI is InChI=1S/C12H13BrN4O3S/c1-7-10(13)11(17(19)20)15-16(7)8(2)12(18)14-6-9-4-3-5-21-9/h3-5,8H,6H2,1-2H3,(H,14,18). The van der Waals surface area contributed by atoms with E-state index >= 15 is 0 Å². The number of nitrogens with zero attached hydrogens (tertiary/aromatic N) is 3. The predicted octanol–water partition coefficient (Wildman–Crippen LogP) is 2.80. The maximum Gasteiger partial charge on any atom is 0.404 e. The summed E-state index contributed by atoms with van der Waals surface area (Å²) in [6, 6.07) is 3.21. The lowest BCUT2D eigenvalue weighted by Gasteiger charge is -2.10. The van der Waals surface area contributed by atoms with Crippen LogP contribution in [0.15, 0.2) is 22.0 Å². The van der Waals surface area contributed by atoms with E-state index in [1.54, 1.807) is 25.2 Å². The van der Waals surface area contributed by atoms with Crippen LogP contribution in [0.25, 0.3) is 0 Å². The van der Waals surface area contributed by atoms with Crippen LogP contribution in [0, 0.1) is 17.0 Å². The lowest BCUT2D eigenvalue weighted by Crippen LogP contribution is -2.31. The Morgan fingerprint density at radius 3 is 2.90 bits per heavy atom. The Kier molecular flexibility index (Phi) is 4.73. The SMILES string of the molecule is Cc1c(Br)c([N+](=O)[O-])nn1C(C)C(=O)NCc1cccs1. The molecule has 0 spiro atoms. The molecule has 7 nitrogen and oxygen atoms in total. The highest BCUT2D eigenvalue weighted by Crippen LogP contribution is 2.29. The minimum atomic E-state index is -0.630. The minimum Gasteiger partial charge on any atom is -0.358 e. The van der Waals surface area contributed by atoms with Gasteiger partial charge in [-0.3, -0.25) is 4.79 Å². The summed E-state index contributed by atoms with van der Waals surface area (Å²) in [4.78, 5) is 23.5. The summed E-state index contributed by atoms with van der Waals surface area (Å²) in [7, 11) is 0. The van der Waals surface area contributed by atoms with Crippen molar-refractivity contribution in [2.75, 3.05) is 0 Å². The zero-order chi connectivity index (χ0) is 15.6. The average Bonchev–Trinajstić information content (AvgIpc) is 3.05. The first kappa shape index (κ1) is 15.6. The molecule has 1 N–H and O–H groups in total. The number of hydrogen-bond donors (Lipinski definition) is 1. The molecule has 0 saturated carbocycles. The number of aromatic nitrogens is 2. The molecule has 0 aliphatic heterocycles. The lowest BCUT2D eigenvalue weighted by atomic mass is 10.3. The number of carbonyl (C=O) groups excluding carboxylic acids is 1. The number of hydrogen-bond acceptors (Lipinski definition) is 5. The summed E-state index contributed by atoms with van der Waals surface area (Å²) in [5, 5.41) is 19.5. The molecule has 2 rings (SSSR count). The zero-order valence-corrected chi connectivity index (χ0v) is 13.8. The Balaban J connectivity index is 2.12. The topological polar surface area (TPSA) is 90.1 Å². The van der Waals surface area contributed by atoms with Crippen LogP contribution < -0.4 is 5.32 Å². The molecule has 0 bridgehead atoms. The number of carbonyl (C=O) groups is 1. The maximum absolute atomic E-state index is 12.1. The van der Waals surface area contributed by atoms with Gasteiger partial charge >= 0.3 is 5.82 Å². The van der Waals surface area contributed by atoms with E-state index in [-0.39, 0.29) is 11.7 Å². The molecule has 1 unspecified atom stereocenters. The first-order valence-electron chi connectivity index (χ1n) is 6.11. The van der Waals surface area contributed by atoms with Crippen LogP contribution in [0.2, 0.25) is 0 Å². The van der Waals surface area contributed by atoms with Gasteiger partial charge in [-0.1, -0.05) is 6.07 Å². The molecule has 1 amide bonds. The Morgan fingerprint density at radius 1 is 1.67 bits per heavy atom. The van der Waals surface area contributed by atoms with Gasteiger partial charge in [0.25, 0.3) is 0 Å². The van der Waals surface area contributed by atoms with Crippen LogP contribution in [0.5, 0.6) is 0 Å². The van der Waals surface area contributed by atoms with E-state index in [0.717, 1.165) is 4.88 Å². The fraction of sp³-hybridized carbons (Fsp3) is 0.333. The van der Waals surface area contributed by atoms with Gasteiger partial charge in [-0.05, 0) is 46.1 Å². The van der Waals surface area contributed by atoms with Gasteiger partial charge in [0, 0.05) is 4.88 Å². The Hall–Kier alpha value is -1.74. The number of thiophene rings is 1. The minimum absolute atomic E-state index is 0.239. The smallest absolute Gasteiger partial charge is 0.358 e. The first-order chi connectivity index (χ1) is 9.91. The molecule has 0 aliphatic rings. The second-order valence-electron chi connectivity index (χ2n) is 4.40. The van der Waals surface area contributed by atoms with Crippen molar-refractivity contribution in [3.8, 4) is 0 Å². The summed E-state index contributed by atoms with van der Waals surface area (Å²) < 4.78 is 1.65. The maximum atomic E-state index is 12.1. The molecule has 1 atom stereocenters. The van der Waals surface area contributed by atoms with Gasteiger partial charge < -0.3 is 15.4 Å². The van der Waals surface area contributed by atoms with E-state index in [0.29, 0.717) is 16.7 Å². The van der Waals surface area contributed by atoms with Gasteiger partial charge in [0.15, 0.2) is 0 Å². The van der Waals surface area contributed by atoms with Gasteiger partial charge in [0.05, 0.1) is 17.3 Å². The molecule has 0 aromatic carbocycles. The fourth-order valence-corrected chi connectivity index (χ4v) is 2.87. The molecule has 2 aromatic heterocycles. The molecular weight excluding hydrogens is 360 g/mol. The van der Waals surface area contributed by atoms with Crippen molar-refractivity contribution in [1.82, 2.24) is 15.1 Å². The molecule has 0 radical (unpaired) electrons. The average molecular weight is 373 g/mol. The van der Waals surface area contributed by atoms with E-state index in [1.807, 2.05) is 17.5 Å². The summed E-state index contributed by atoms with van der Waals surface area (Å²) in [5.41, 5.74) is 0.542. The summed E-state index contributed by atoms with van der Waals surface area (Å²) in [5.74, 6) is -0.526. The number of amides is 1. The van der Waals surface area contributed by atoms with Crippen molar-refractivity contribution in [2.45, 2.75) is 26.4 Å². The molecule has 112 valence electrons. The van der Waals surface area contributed by atoms with Crippen LogP contribution >= 0.6 is 27.3 Å². The number of nitrogens with one attached hydrogen (secondary N) is 1. The van der Waals surface area contributed by atoms with Gasteiger partial charge in [-0.25, -0.2) is 0 Å². The summed E-state index contributed by atoms with van der Waals surface area (Å²) in [6.45, 7) is 3.76. The Bertz CT molecular complexity index is 668. The summed E-state index contributed by atoms with van der Waals surface area (Å²) in [6.07, 6.45) is 0. The number of nitro groups is 1. The van der Waals surface area contributed by atoms with Gasteiger partial charge in [0.1, 0.15) is 10.5 Å². The van der Waals surface area contributed by atoms with Crippen LogP contribution in [-0.2, 0) is 11.3 Å². The number of rotatable bonds is 5. The van der Waals surface area contributed by atoms with E-state index in [1.165, 1.54) is 4.68 Å². The van der Waals surface area contributed by atoms with E-state index < -0.39 is 11.0 Å². The van der Waals surface area contributed by atoms with E-state index in [4.69, 9.17) is 0 Å². The monoisotopic (exact) mass is 372 g/mol. The molecule has 2 aromatic rings. The molecule has 21 heavy (non-hydrogen) atoms. The predicted molar refractivity (Wildman–Crippen MR) is 82.2 cm³/mol. The van der Waals surface area contributed by atoms with Crippen molar-refractivity contribution in [3.63, 3.8) is 0 Å². The van der Waals surface area contributed by atoms with Crippen molar-refractivity contribution in [2.24, 2.45) is 0 Å². The van der Waals surface area contributed by atoms with E-state index in [9.17, 15) is 14.9 Å². The molecular formula is C12H13BrN4O3S. The third kappa shape index (κ3) is 3.30.